The smallest absolute Gasteiger partial charge is 0.272 e. The van der Waals surface area contributed by atoms with Crippen LogP contribution in [-0.2, 0) is 43.4 Å². The summed E-state index contributed by atoms with van der Waals surface area (Å²) in [5, 5.41) is 1.36. The molecule has 1 spiro atoms. The fourth-order valence-electron chi connectivity index (χ4n) is 17.9. The minimum atomic E-state index is -0.301. The third kappa shape index (κ3) is 8.86. The number of fused-ring (bicyclic) bond motifs is 15. The molecule has 5 heteroatoms. The first-order chi connectivity index (χ1) is 42.2. The van der Waals surface area contributed by atoms with Crippen LogP contribution in [0.25, 0.3) is 22.0 Å². The van der Waals surface area contributed by atoms with E-state index in [1.54, 1.807) is 11.1 Å². The predicted octanol–water partition coefficient (Wildman–Crippen LogP) is 21.6. The summed E-state index contributed by atoms with van der Waals surface area (Å²) < 4.78 is 2.84. The van der Waals surface area contributed by atoms with Crippen LogP contribution >= 0.6 is 0 Å². The molecule has 2 bridgehead atoms. The van der Waals surface area contributed by atoms with Crippen LogP contribution in [0.2, 0.25) is 0 Å². The fourth-order valence-corrected chi connectivity index (χ4v) is 17.9. The van der Waals surface area contributed by atoms with Gasteiger partial charge < -0.3 is 19.3 Å². The van der Waals surface area contributed by atoms with Crippen LogP contribution in [0.5, 0.6) is 0 Å². The second-order valence-corrected chi connectivity index (χ2v) is 35.0. The SMILES string of the molecule is CC(C)(C)c1ccc(N(c2ccc(C(C)(C)C)cc2)c2ccc3c(c2)N(c2ccc(C(C)(C)C)cc2)c2cc(C(C)(C)C)cc4c2B3c2c(c3cc5c(cc3n2C(C)(C)C)C(C)(C)CCC5(C)C)N4c2ccc3c(c2)C2(CC4CCC2C4)c2ccccc2-3)cc1. The predicted molar refractivity (Wildman–Crippen MR) is 387 cm³/mol. The first-order valence-electron chi connectivity index (χ1n) is 34.3. The summed E-state index contributed by atoms with van der Waals surface area (Å²) in [6.07, 6.45) is 7.58. The van der Waals surface area contributed by atoms with Crippen LogP contribution in [0.15, 0.2) is 158 Å². The third-order valence-corrected chi connectivity index (χ3v) is 23.0. The monoisotopic (exact) mass is 1180 g/mol. The number of anilines is 9. The maximum absolute atomic E-state index is 2.84. The van der Waals surface area contributed by atoms with Gasteiger partial charge in [0, 0.05) is 67.4 Å². The van der Waals surface area contributed by atoms with Crippen molar-refractivity contribution in [2.45, 2.75) is 214 Å². The highest BCUT2D eigenvalue weighted by Gasteiger charge is 2.57. The van der Waals surface area contributed by atoms with Gasteiger partial charge in [0.1, 0.15) is 0 Å². The molecule has 1 aromatic heterocycles. The minimum Gasteiger partial charge on any atom is -0.345 e. The van der Waals surface area contributed by atoms with Crippen molar-refractivity contribution in [3.05, 3.63) is 202 Å². The van der Waals surface area contributed by atoms with Crippen molar-refractivity contribution < 1.29 is 0 Å². The van der Waals surface area contributed by atoms with Gasteiger partial charge in [0.15, 0.2) is 0 Å². The zero-order chi connectivity index (χ0) is 63.5. The molecule has 90 heavy (non-hydrogen) atoms. The minimum absolute atomic E-state index is 0.0101. The lowest BCUT2D eigenvalue weighted by atomic mass is 9.34. The van der Waals surface area contributed by atoms with Crippen LogP contribution in [0, 0.1) is 11.8 Å². The summed E-state index contributed by atoms with van der Waals surface area (Å²) in [6, 6.07) is 63.9. The Morgan fingerprint density at radius 3 is 1.52 bits per heavy atom. The van der Waals surface area contributed by atoms with Crippen molar-refractivity contribution in [2.75, 3.05) is 14.7 Å². The molecule has 4 nitrogen and oxygen atoms in total. The van der Waals surface area contributed by atoms with Crippen molar-refractivity contribution >= 4 is 85.3 Å². The Hall–Kier alpha value is -7.24. The Balaban J connectivity index is 1.07. The molecular formula is C85H97BN4. The molecule has 0 N–H and O–H groups in total. The van der Waals surface area contributed by atoms with Gasteiger partial charge in [-0.25, -0.2) is 0 Å². The molecule has 0 amide bonds. The lowest BCUT2D eigenvalue weighted by Crippen LogP contribution is -2.64. The molecule has 3 unspecified atom stereocenters. The zero-order valence-corrected chi connectivity index (χ0v) is 57.8. The highest BCUT2D eigenvalue weighted by atomic mass is 15.2. The largest absolute Gasteiger partial charge is 0.345 e. The van der Waals surface area contributed by atoms with Crippen molar-refractivity contribution in [3.63, 3.8) is 0 Å². The quantitative estimate of drug-likeness (QED) is 0.160. The van der Waals surface area contributed by atoms with E-state index in [0.29, 0.717) is 5.92 Å². The summed E-state index contributed by atoms with van der Waals surface area (Å²) in [5.74, 6) is 1.43. The Bertz CT molecular complexity index is 4340. The van der Waals surface area contributed by atoms with E-state index in [0.717, 1.165) is 35.8 Å². The molecule has 2 aliphatic heterocycles. The second kappa shape index (κ2) is 19.4. The van der Waals surface area contributed by atoms with E-state index in [9.17, 15) is 0 Å². The first-order valence-corrected chi connectivity index (χ1v) is 34.3. The van der Waals surface area contributed by atoms with Crippen LogP contribution in [0.4, 0.5) is 51.2 Å². The molecule has 2 fully saturated rings. The Kier molecular flexibility index (Phi) is 12.7. The fraction of sp³-hybridized carbons (Fsp3) is 0.412. The van der Waals surface area contributed by atoms with Gasteiger partial charge in [-0.2, -0.15) is 0 Å². The number of hydrogen-bond donors (Lipinski definition) is 0. The summed E-state index contributed by atoms with van der Waals surface area (Å²) in [7, 11) is 0. The molecule has 9 aromatic rings. The van der Waals surface area contributed by atoms with Gasteiger partial charge in [-0.1, -0.05) is 190 Å². The number of nitrogens with zero attached hydrogens (tertiary/aromatic N) is 4. The maximum atomic E-state index is 2.84. The van der Waals surface area contributed by atoms with Gasteiger partial charge in [-0.15, -0.1) is 0 Å². The van der Waals surface area contributed by atoms with E-state index < -0.39 is 0 Å². The molecule has 3 heterocycles. The lowest BCUT2D eigenvalue weighted by molar-refractivity contribution is 0.327. The highest BCUT2D eigenvalue weighted by Crippen LogP contribution is 2.66. The molecule has 0 radical (unpaired) electrons. The molecule has 2 saturated carbocycles. The number of benzene rings is 8. The van der Waals surface area contributed by atoms with Crippen molar-refractivity contribution in [1.29, 1.82) is 0 Å². The zero-order valence-electron chi connectivity index (χ0n) is 57.8. The maximum Gasteiger partial charge on any atom is 0.272 e. The van der Waals surface area contributed by atoms with Gasteiger partial charge in [0.25, 0.3) is 6.71 Å². The van der Waals surface area contributed by atoms with Crippen LogP contribution in [0.1, 0.15) is 215 Å². The van der Waals surface area contributed by atoms with Crippen molar-refractivity contribution in [1.82, 2.24) is 4.57 Å². The Morgan fingerprint density at radius 2 is 0.978 bits per heavy atom. The number of aromatic nitrogens is 1. The van der Waals surface area contributed by atoms with Crippen LogP contribution in [-0.4, -0.2) is 11.3 Å². The molecular weight excluding hydrogens is 1090 g/mol. The van der Waals surface area contributed by atoms with Crippen LogP contribution in [0.3, 0.4) is 0 Å². The van der Waals surface area contributed by atoms with E-state index in [2.05, 4.69) is 309 Å². The standard InChI is InChI=1S/C85H97BN4/c1-78(2,3)53-26-32-58(33-27-53)87(59-34-28-54(29-35-59)79(4,5)6)62-39-41-70-72(48-62)88(60-36-30-55(31-37-60)80(7,8)9)73-45-57(81(10,11)12)46-74-75(73)86(70)77-76(65-49-68-69(50-71(65)90(77)82(13,14)15)84(18,19)43-42-83(68,16)17)89(74)61-38-40-64-63-22-20-21-23-66(63)85(67(64)47-61)51-52-24-25-56(85)44-52/h20-23,26-41,45-50,52,56H,24-25,42-44,51H2,1-19H3. The molecule has 6 aliphatic rings. The normalized spacial score (nSPS) is 20.3. The molecule has 3 atom stereocenters. The van der Waals surface area contributed by atoms with Gasteiger partial charge >= 0.3 is 0 Å². The third-order valence-electron chi connectivity index (χ3n) is 23.0. The molecule has 8 aromatic carbocycles. The summed E-state index contributed by atoms with van der Waals surface area (Å²) in [5.41, 5.74) is 30.3. The molecule has 15 rings (SSSR count). The van der Waals surface area contributed by atoms with E-state index in [1.807, 2.05) is 0 Å². The highest BCUT2D eigenvalue weighted by molar-refractivity contribution is 7.00. The first kappa shape index (κ1) is 59.1. The second-order valence-electron chi connectivity index (χ2n) is 35.0. The number of rotatable bonds is 5. The van der Waals surface area contributed by atoms with Gasteiger partial charge in [-0.05, 0) is 249 Å². The number of hydrogen-bond acceptors (Lipinski definition) is 3. The van der Waals surface area contributed by atoms with Gasteiger partial charge in [0.05, 0.1) is 11.2 Å². The lowest BCUT2D eigenvalue weighted by Gasteiger charge is -2.46. The van der Waals surface area contributed by atoms with Crippen LogP contribution < -0.4 is 31.2 Å². The van der Waals surface area contributed by atoms with Crippen molar-refractivity contribution in [3.8, 4) is 11.1 Å². The molecule has 0 saturated heterocycles. The summed E-state index contributed by atoms with van der Waals surface area (Å²) in [4.78, 5) is 8.02. The van der Waals surface area contributed by atoms with E-state index in [4.69, 9.17) is 0 Å². The summed E-state index contributed by atoms with van der Waals surface area (Å²) in [6.45, 7) is 45.5. The average Bonchev–Trinajstić information content (AvgIpc) is 1.41. The molecule has 460 valence electrons. The Morgan fingerprint density at radius 1 is 0.456 bits per heavy atom. The topological polar surface area (TPSA) is 14.7 Å². The van der Waals surface area contributed by atoms with E-state index >= 15 is 0 Å². The molecule has 4 aliphatic carbocycles. The van der Waals surface area contributed by atoms with Crippen molar-refractivity contribution in [2.24, 2.45) is 11.8 Å². The van der Waals surface area contributed by atoms with Gasteiger partial charge in [0.2, 0.25) is 0 Å². The Labute approximate surface area is 540 Å². The summed E-state index contributed by atoms with van der Waals surface area (Å²) >= 11 is 0. The van der Waals surface area contributed by atoms with E-state index in [1.165, 1.54) is 132 Å². The van der Waals surface area contributed by atoms with E-state index in [-0.39, 0.29) is 50.2 Å². The van der Waals surface area contributed by atoms with Gasteiger partial charge in [-0.3, -0.25) is 0 Å². The average molecular weight is 1190 g/mol.